The maximum atomic E-state index is 5.53. The second-order valence-corrected chi connectivity index (χ2v) is 3.20. The van der Waals surface area contributed by atoms with E-state index in [2.05, 4.69) is 10.3 Å². The number of aromatic nitrogens is 1. The minimum Gasteiger partial charge on any atom is -0.375 e. The summed E-state index contributed by atoms with van der Waals surface area (Å²) in [6.07, 6.45) is 7.56. The molecule has 0 bridgehead atoms. The average molecular weight is 165 g/mol. The van der Waals surface area contributed by atoms with Gasteiger partial charge in [0.05, 0.1) is 10.6 Å². The molecule has 4 heteroatoms. The van der Waals surface area contributed by atoms with Crippen LogP contribution in [0.1, 0.15) is 10.6 Å². The Morgan fingerprint density at radius 3 is 3.09 bits per heavy atom. The third kappa shape index (κ3) is 1.12. The van der Waals surface area contributed by atoms with Crippen LogP contribution in [0.15, 0.2) is 12.4 Å². The van der Waals surface area contributed by atoms with Gasteiger partial charge >= 0.3 is 0 Å². The van der Waals surface area contributed by atoms with Crippen LogP contribution in [-0.4, -0.2) is 4.98 Å². The lowest BCUT2D eigenvalue weighted by Gasteiger charge is -1.81. The molecule has 0 atom stereocenters. The van der Waals surface area contributed by atoms with Gasteiger partial charge in [-0.15, -0.1) is 0 Å². The van der Waals surface area contributed by atoms with Gasteiger partial charge in [-0.3, -0.25) is 0 Å². The number of nitrogens with two attached hydrogens (primary N) is 1. The van der Waals surface area contributed by atoms with Gasteiger partial charge in [-0.05, 0) is 12.2 Å². The maximum Gasteiger partial charge on any atom is 0.181 e. The second kappa shape index (κ2) is 2.39. The molecule has 1 aromatic rings. The monoisotopic (exact) mass is 165 g/mol. The molecule has 0 saturated carbocycles. The molecule has 0 spiro atoms. The van der Waals surface area contributed by atoms with E-state index in [4.69, 9.17) is 5.73 Å². The zero-order chi connectivity index (χ0) is 7.68. The van der Waals surface area contributed by atoms with Crippen molar-refractivity contribution in [3.63, 3.8) is 0 Å². The quantitative estimate of drug-likeness (QED) is 0.608. The third-order valence-electron chi connectivity index (χ3n) is 1.37. The molecule has 0 aliphatic carbocycles. The molecule has 0 unspecified atom stereocenters. The van der Waals surface area contributed by atoms with Crippen LogP contribution in [0.25, 0.3) is 12.2 Å². The van der Waals surface area contributed by atoms with E-state index >= 15 is 0 Å². The lowest BCUT2D eigenvalue weighted by atomic mass is 10.3. The molecule has 2 rings (SSSR count). The van der Waals surface area contributed by atoms with E-state index < -0.39 is 0 Å². The van der Waals surface area contributed by atoms with Crippen molar-refractivity contribution < 1.29 is 0 Å². The van der Waals surface area contributed by atoms with Crippen LogP contribution in [-0.2, 0) is 0 Å². The summed E-state index contributed by atoms with van der Waals surface area (Å²) in [6.45, 7) is 0. The Morgan fingerprint density at radius 1 is 1.36 bits per heavy atom. The molecule has 3 nitrogen and oxygen atoms in total. The fourth-order valence-corrected chi connectivity index (χ4v) is 1.63. The van der Waals surface area contributed by atoms with Crippen molar-refractivity contribution in [3.05, 3.63) is 23.0 Å². The second-order valence-electron chi connectivity index (χ2n) is 2.13. The summed E-state index contributed by atoms with van der Waals surface area (Å²) < 4.78 is 0. The van der Waals surface area contributed by atoms with Gasteiger partial charge in [-0.25, -0.2) is 4.98 Å². The molecule has 0 saturated heterocycles. The highest BCUT2D eigenvalue weighted by Gasteiger charge is 2.04. The number of thiazole rings is 1. The van der Waals surface area contributed by atoms with Gasteiger partial charge in [0.15, 0.2) is 5.13 Å². The van der Waals surface area contributed by atoms with E-state index in [9.17, 15) is 0 Å². The highest BCUT2D eigenvalue weighted by Crippen LogP contribution is 2.23. The van der Waals surface area contributed by atoms with E-state index in [1.807, 2.05) is 24.6 Å². The van der Waals surface area contributed by atoms with Crippen molar-refractivity contribution in [1.29, 1.82) is 0 Å². The largest absolute Gasteiger partial charge is 0.375 e. The van der Waals surface area contributed by atoms with E-state index in [-0.39, 0.29) is 0 Å². The molecule has 1 aliphatic heterocycles. The van der Waals surface area contributed by atoms with Crippen LogP contribution in [0.5, 0.6) is 0 Å². The van der Waals surface area contributed by atoms with Crippen molar-refractivity contribution >= 4 is 28.6 Å². The van der Waals surface area contributed by atoms with Crippen molar-refractivity contribution in [1.82, 2.24) is 10.3 Å². The van der Waals surface area contributed by atoms with Gasteiger partial charge in [-0.1, -0.05) is 11.3 Å². The van der Waals surface area contributed by atoms with Crippen LogP contribution in [0.2, 0.25) is 0 Å². The van der Waals surface area contributed by atoms with E-state index in [0.717, 1.165) is 10.6 Å². The summed E-state index contributed by atoms with van der Waals surface area (Å²) in [5, 5.41) is 3.58. The fraction of sp³-hybridized carbons (Fsp3) is 0. The van der Waals surface area contributed by atoms with Gasteiger partial charge in [-0.2, -0.15) is 0 Å². The third-order valence-corrected chi connectivity index (χ3v) is 2.23. The van der Waals surface area contributed by atoms with Gasteiger partial charge < -0.3 is 11.1 Å². The van der Waals surface area contributed by atoms with E-state index in [0.29, 0.717) is 5.13 Å². The predicted molar refractivity (Wildman–Crippen MR) is 47.7 cm³/mol. The van der Waals surface area contributed by atoms with Crippen LogP contribution in [0.3, 0.4) is 0 Å². The number of nitrogens with one attached hydrogen (secondary N) is 1. The van der Waals surface area contributed by atoms with Crippen LogP contribution >= 0.6 is 11.3 Å². The molecular formula is C7H7N3S. The Kier molecular flexibility index (Phi) is 1.40. The number of rotatable bonds is 0. The molecule has 0 amide bonds. The van der Waals surface area contributed by atoms with E-state index in [1.165, 1.54) is 11.3 Å². The first-order valence-corrected chi connectivity index (χ1v) is 4.03. The number of nitrogens with zero attached hydrogens (tertiary/aromatic N) is 1. The standard InChI is InChI=1S/C7H7N3S/c8-7-10-5-1-3-9-4-2-6(5)11-7/h1-4,9H,(H2,8,10). The van der Waals surface area contributed by atoms with Crippen molar-refractivity contribution in [2.75, 3.05) is 5.73 Å². The number of fused-ring (bicyclic) bond motifs is 1. The van der Waals surface area contributed by atoms with Gasteiger partial charge in [0.1, 0.15) is 0 Å². The minimum atomic E-state index is 0.617. The summed E-state index contributed by atoms with van der Waals surface area (Å²) in [5.41, 5.74) is 6.47. The first-order chi connectivity index (χ1) is 5.36. The molecule has 56 valence electrons. The number of hydrogen-bond donors (Lipinski definition) is 2. The van der Waals surface area contributed by atoms with Crippen molar-refractivity contribution in [2.24, 2.45) is 0 Å². The molecule has 2 heterocycles. The highest BCUT2D eigenvalue weighted by atomic mass is 32.1. The first-order valence-electron chi connectivity index (χ1n) is 3.22. The highest BCUT2D eigenvalue weighted by molar-refractivity contribution is 7.16. The molecule has 1 aromatic heterocycles. The molecule has 0 radical (unpaired) electrons. The van der Waals surface area contributed by atoms with Crippen LogP contribution in [0, 0.1) is 0 Å². The normalized spacial score (nSPS) is 13.8. The zero-order valence-corrected chi connectivity index (χ0v) is 6.56. The summed E-state index contributed by atoms with van der Waals surface area (Å²) in [4.78, 5) is 5.23. The predicted octanol–water partition coefficient (Wildman–Crippen LogP) is 1.27. The molecule has 0 aromatic carbocycles. The lowest BCUT2D eigenvalue weighted by Crippen LogP contribution is -1.87. The lowest BCUT2D eigenvalue weighted by molar-refractivity contribution is 1.22. The Labute approximate surface area is 68.3 Å². The number of anilines is 1. The Morgan fingerprint density at radius 2 is 2.18 bits per heavy atom. The van der Waals surface area contributed by atoms with Crippen molar-refractivity contribution in [2.45, 2.75) is 0 Å². The van der Waals surface area contributed by atoms with E-state index in [1.54, 1.807) is 0 Å². The van der Waals surface area contributed by atoms with Crippen LogP contribution in [0.4, 0.5) is 5.13 Å². The Bertz CT molecular complexity index is 295. The first kappa shape index (κ1) is 6.42. The zero-order valence-electron chi connectivity index (χ0n) is 5.74. The number of nitrogen functional groups attached to an aromatic ring is 1. The van der Waals surface area contributed by atoms with Gasteiger partial charge in [0.25, 0.3) is 0 Å². The van der Waals surface area contributed by atoms with Crippen LogP contribution < -0.4 is 11.1 Å². The number of hydrogen-bond acceptors (Lipinski definition) is 4. The average Bonchev–Trinajstić information content (AvgIpc) is 2.17. The summed E-state index contributed by atoms with van der Waals surface area (Å²) in [5.74, 6) is 0. The topological polar surface area (TPSA) is 50.9 Å². The summed E-state index contributed by atoms with van der Waals surface area (Å²) in [7, 11) is 0. The Hall–Kier alpha value is -1.29. The summed E-state index contributed by atoms with van der Waals surface area (Å²) >= 11 is 1.49. The minimum absolute atomic E-state index is 0.617. The van der Waals surface area contributed by atoms with Gasteiger partial charge in [0.2, 0.25) is 0 Å². The smallest absolute Gasteiger partial charge is 0.181 e. The molecule has 11 heavy (non-hydrogen) atoms. The molecule has 1 aliphatic rings. The SMILES string of the molecule is Nc1nc2c(s1)C=CNC=C2. The maximum absolute atomic E-state index is 5.53. The molecule has 3 N–H and O–H groups in total. The van der Waals surface area contributed by atoms with Gasteiger partial charge in [0, 0.05) is 12.4 Å². The summed E-state index contributed by atoms with van der Waals surface area (Å²) in [6, 6.07) is 0. The molecule has 0 fully saturated rings. The van der Waals surface area contributed by atoms with Crippen molar-refractivity contribution in [3.8, 4) is 0 Å². The molecular weight excluding hydrogens is 158 g/mol. The fourth-order valence-electron chi connectivity index (χ4n) is 0.907. The Balaban J connectivity index is 2.56.